The summed E-state index contributed by atoms with van der Waals surface area (Å²) in [5, 5.41) is 2.50. The van der Waals surface area contributed by atoms with E-state index in [4.69, 9.17) is 5.73 Å². The lowest BCUT2D eigenvalue weighted by Crippen LogP contribution is -2.45. The molecule has 4 heteroatoms. The molecular weight excluding hydrogens is 168 g/mol. The van der Waals surface area contributed by atoms with Crippen molar-refractivity contribution in [1.82, 2.24) is 5.32 Å². The number of hydrogen-bond donors (Lipinski definition) is 2. The van der Waals surface area contributed by atoms with Crippen LogP contribution in [0.25, 0.3) is 0 Å². The molecule has 3 N–H and O–H groups in total. The lowest BCUT2D eigenvalue weighted by molar-refractivity contribution is -0.125. The normalized spacial score (nSPS) is 15.2. The number of aldehydes is 1. The van der Waals surface area contributed by atoms with Crippen molar-refractivity contribution in [1.29, 1.82) is 0 Å². The van der Waals surface area contributed by atoms with Crippen molar-refractivity contribution in [2.45, 2.75) is 39.3 Å². The first-order valence-corrected chi connectivity index (χ1v) is 4.48. The zero-order valence-corrected chi connectivity index (χ0v) is 8.41. The van der Waals surface area contributed by atoms with Gasteiger partial charge in [-0.1, -0.05) is 13.8 Å². The number of nitrogens with two attached hydrogens (primary N) is 1. The fourth-order valence-corrected chi connectivity index (χ4v) is 0.980. The van der Waals surface area contributed by atoms with Crippen molar-refractivity contribution in [3.8, 4) is 0 Å². The van der Waals surface area contributed by atoms with E-state index in [2.05, 4.69) is 5.32 Å². The molecule has 76 valence electrons. The fraction of sp³-hybridized carbons (Fsp3) is 0.778. The van der Waals surface area contributed by atoms with Gasteiger partial charge in [0, 0.05) is 0 Å². The molecule has 0 saturated carbocycles. The topological polar surface area (TPSA) is 72.2 Å². The van der Waals surface area contributed by atoms with Gasteiger partial charge >= 0.3 is 0 Å². The van der Waals surface area contributed by atoms with Crippen LogP contribution < -0.4 is 11.1 Å². The third kappa shape index (κ3) is 5.36. The summed E-state index contributed by atoms with van der Waals surface area (Å²) in [5.74, 6) is 0.126. The van der Waals surface area contributed by atoms with Crippen molar-refractivity contribution in [2.24, 2.45) is 11.7 Å². The van der Waals surface area contributed by atoms with Gasteiger partial charge in [0.05, 0.1) is 12.1 Å². The summed E-state index contributed by atoms with van der Waals surface area (Å²) < 4.78 is 0. The summed E-state index contributed by atoms with van der Waals surface area (Å²) in [6.07, 6.45) is 1.32. The highest BCUT2D eigenvalue weighted by Crippen LogP contribution is 2.02. The van der Waals surface area contributed by atoms with Crippen molar-refractivity contribution >= 4 is 12.2 Å². The largest absolute Gasteiger partial charge is 0.346 e. The molecule has 0 unspecified atom stereocenters. The number of hydrogen-bond acceptors (Lipinski definition) is 3. The summed E-state index contributed by atoms with van der Waals surface area (Å²) in [7, 11) is 0. The predicted octanol–water partition coefficient (Wildman–Crippen LogP) is 0.0634. The van der Waals surface area contributed by atoms with Gasteiger partial charge in [-0.05, 0) is 19.3 Å². The molecule has 0 spiro atoms. The van der Waals surface area contributed by atoms with Crippen LogP contribution in [0.5, 0.6) is 0 Å². The molecule has 0 aliphatic heterocycles. The van der Waals surface area contributed by atoms with Crippen LogP contribution in [0.4, 0.5) is 0 Å². The van der Waals surface area contributed by atoms with Crippen LogP contribution in [-0.2, 0) is 9.59 Å². The van der Waals surface area contributed by atoms with Gasteiger partial charge in [-0.25, -0.2) is 0 Å². The average molecular weight is 186 g/mol. The van der Waals surface area contributed by atoms with Crippen molar-refractivity contribution < 1.29 is 9.59 Å². The number of rotatable bonds is 5. The van der Waals surface area contributed by atoms with Crippen LogP contribution in [0.15, 0.2) is 0 Å². The summed E-state index contributed by atoms with van der Waals surface area (Å²) in [4.78, 5) is 21.5. The molecule has 1 amide bonds. The number of amides is 1. The zero-order valence-electron chi connectivity index (χ0n) is 8.41. The van der Waals surface area contributed by atoms with Gasteiger partial charge in [0.2, 0.25) is 5.91 Å². The average Bonchev–Trinajstić information content (AvgIpc) is 2.02. The van der Waals surface area contributed by atoms with E-state index < -0.39 is 12.1 Å². The Balaban J connectivity index is 3.89. The Hall–Kier alpha value is -0.900. The molecule has 0 aromatic rings. The second-order valence-corrected chi connectivity index (χ2v) is 3.67. The first-order chi connectivity index (χ1) is 5.97. The number of carbonyl (C=O) groups is 2. The Bertz CT molecular complexity index is 180. The molecule has 4 nitrogen and oxygen atoms in total. The number of nitrogens with one attached hydrogen (secondary N) is 1. The van der Waals surface area contributed by atoms with Crippen LogP contribution in [0.3, 0.4) is 0 Å². The van der Waals surface area contributed by atoms with E-state index in [1.54, 1.807) is 6.92 Å². The van der Waals surface area contributed by atoms with Gasteiger partial charge in [-0.3, -0.25) is 4.79 Å². The Labute approximate surface area is 78.9 Å². The van der Waals surface area contributed by atoms with Gasteiger partial charge < -0.3 is 15.8 Å². The highest BCUT2D eigenvalue weighted by molar-refractivity contribution is 5.84. The van der Waals surface area contributed by atoms with Gasteiger partial charge in [0.1, 0.15) is 6.29 Å². The van der Waals surface area contributed by atoms with E-state index in [9.17, 15) is 9.59 Å². The minimum Gasteiger partial charge on any atom is -0.346 e. The minimum atomic E-state index is -0.512. The van der Waals surface area contributed by atoms with Gasteiger partial charge in [-0.2, -0.15) is 0 Å². The number of carbonyl (C=O) groups excluding carboxylic acids is 2. The van der Waals surface area contributed by atoms with Crippen LogP contribution in [0, 0.1) is 5.92 Å². The maximum absolute atomic E-state index is 11.3. The van der Waals surface area contributed by atoms with E-state index in [-0.39, 0.29) is 5.91 Å². The molecule has 0 aliphatic carbocycles. The molecule has 0 radical (unpaired) electrons. The van der Waals surface area contributed by atoms with Gasteiger partial charge in [0.25, 0.3) is 0 Å². The van der Waals surface area contributed by atoms with E-state index in [0.29, 0.717) is 18.6 Å². The highest BCUT2D eigenvalue weighted by Gasteiger charge is 2.16. The maximum atomic E-state index is 11.3. The molecular formula is C9H18N2O2. The summed E-state index contributed by atoms with van der Waals surface area (Å²) in [6.45, 7) is 5.61. The van der Waals surface area contributed by atoms with Gasteiger partial charge in [-0.15, -0.1) is 0 Å². The first kappa shape index (κ1) is 12.1. The van der Waals surface area contributed by atoms with E-state index >= 15 is 0 Å². The fourth-order valence-electron chi connectivity index (χ4n) is 0.980. The highest BCUT2D eigenvalue weighted by atomic mass is 16.2. The SMILES string of the molecule is CC(C)C[C@H](N)C(=O)N[C@@H](C)C=O. The minimum absolute atomic E-state index is 0.256. The van der Waals surface area contributed by atoms with Crippen molar-refractivity contribution in [3.05, 3.63) is 0 Å². The summed E-state index contributed by atoms with van der Waals surface area (Å²) >= 11 is 0. The molecule has 0 heterocycles. The third-order valence-electron chi connectivity index (χ3n) is 1.64. The molecule has 0 rings (SSSR count). The van der Waals surface area contributed by atoms with E-state index in [0.717, 1.165) is 0 Å². The monoisotopic (exact) mass is 186 g/mol. The first-order valence-electron chi connectivity index (χ1n) is 4.48. The molecule has 0 aromatic carbocycles. The lowest BCUT2D eigenvalue weighted by atomic mass is 10.0. The maximum Gasteiger partial charge on any atom is 0.237 e. The van der Waals surface area contributed by atoms with E-state index in [1.807, 2.05) is 13.8 Å². The van der Waals surface area contributed by atoms with Crippen LogP contribution >= 0.6 is 0 Å². The lowest BCUT2D eigenvalue weighted by Gasteiger charge is -2.15. The molecule has 0 saturated heterocycles. The smallest absolute Gasteiger partial charge is 0.237 e. The molecule has 0 aliphatic rings. The Morgan fingerprint density at radius 1 is 1.46 bits per heavy atom. The Kier molecular flexibility index (Phi) is 5.30. The van der Waals surface area contributed by atoms with Crippen LogP contribution in [0.2, 0.25) is 0 Å². The quantitative estimate of drug-likeness (QED) is 0.596. The Morgan fingerprint density at radius 3 is 2.38 bits per heavy atom. The second kappa shape index (κ2) is 5.70. The second-order valence-electron chi connectivity index (χ2n) is 3.67. The third-order valence-corrected chi connectivity index (χ3v) is 1.64. The Morgan fingerprint density at radius 2 is 2.00 bits per heavy atom. The zero-order chi connectivity index (χ0) is 10.4. The van der Waals surface area contributed by atoms with E-state index in [1.165, 1.54) is 0 Å². The standard InChI is InChI=1S/C9H18N2O2/c1-6(2)4-8(10)9(13)11-7(3)5-12/h5-8H,4,10H2,1-3H3,(H,11,13)/t7-,8-/m0/s1. The molecule has 2 atom stereocenters. The van der Waals surface area contributed by atoms with Crippen LogP contribution in [0.1, 0.15) is 27.2 Å². The van der Waals surface area contributed by atoms with Gasteiger partial charge in [0.15, 0.2) is 0 Å². The summed E-state index contributed by atoms with van der Waals surface area (Å²) in [5.41, 5.74) is 5.59. The molecule has 0 bridgehead atoms. The molecule has 0 aromatic heterocycles. The predicted molar refractivity (Wildman–Crippen MR) is 51.1 cm³/mol. The molecule has 13 heavy (non-hydrogen) atoms. The van der Waals surface area contributed by atoms with Crippen LogP contribution in [-0.4, -0.2) is 24.3 Å². The van der Waals surface area contributed by atoms with Crippen molar-refractivity contribution in [3.63, 3.8) is 0 Å². The van der Waals surface area contributed by atoms with Crippen molar-refractivity contribution in [2.75, 3.05) is 0 Å². The molecule has 0 fully saturated rings. The summed E-state index contributed by atoms with van der Waals surface area (Å²) in [6, 6.07) is -0.965.